The summed E-state index contributed by atoms with van der Waals surface area (Å²) in [7, 11) is -2.27. The van der Waals surface area contributed by atoms with E-state index >= 15 is 0 Å². The number of hydrogen-bond acceptors (Lipinski definition) is 6. The first kappa shape index (κ1) is 28.6. The summed E-state index contributed by atoms with van der Waals surface area (Å²) < 4.78 is 41.5. The Morgan fingerprint density at radius 1 is 1.17 bits per heavy atom. The fraction of sp³-hybridized carbons (Fsp3) is 0.531. The van der Waals surface area contributed by atoms with Crippen molar-refractivity contribution in [3.05, 3.63) is 64.7 Å². The van der Waals surface area contributed by atoms with Crippen LogP contribution in [0.4, 0.5) is 5.69 Å². The van der Waals surface area contributed by atoms with Gasteiger partial charge in [0.1, 0.15) is 5.75 Å². The fourth-order valence-electron chi connectivity index (χ4n) is 7.29. The molecule has 2 aliphatic heterocycles. The fourth-order valence-corrected chi connectivity index (χ4v) is 8.50. The van der Waals surface area contributed by atoms with Gasteiger partial charge >= 0.3 is 0 Å². The molecule has 0 radical (unpaired) electrons. The molecule has 2 aromatic rings. The second-order valence-corrected chi connectivity index (χ2v) is 14.6. The van der Waals surface area contributed by atoms with Crippen LogP contribution in [-0.2, 0) is 31.4 Å². The summed E-state index contributed by atoms with van der Waals surface area (Å²) in [6, 6.07) is 11.2. The summed E-state index contributed by atoms with van der Waals surface area (Å²) in [4.78, 5) is 15.1. The molecule has 7 nitrogen and oxygen atoms in total. The Labute approximate surface area is 248 Å². The Bertz CT molecular complexity index is 1460. The van der Waals surface area contributed by atoms with E-state index in [2.05, 4.69) is 33.9 Å². The van der Waals surface area contributed by atoms with E-state index in [1.807, 2.05) is 13.0 Å². The van der Waals surface area contributed by atoms with Gasteiger partial charge in [0, 0.05) is 37.1 Å². The maximum absolute atomic E-state index is 13.4. The highest BCUT2D eigenvalue weighted by Gasteiger charge is 2.44. The zero-order valence-corrected chi connectivity index (χ0v) is 25.3. The van der Waals surface area contributed by atoms with E-state index in [4.69, 9.17) is 21.1 Å². The van der Waals surface area contributed by atoms with Gasteiger partial charge in [-0.2, -0.15) is 0 Å². The molecule has 0 saturated heterocycles. The summed E-state index contributed by atoms with van der Waals surface area (Å²) in [6.07, 6.45) is 10.2. The highest BCUT2D eigenvalue weighted by molar-refractivity contribution is 7.90. The molecular weight excluding hydrogens is 560 g/mol. The maximum Gasteiger partial charge on any atom is 0.264 e. The molecule has 5 atom stereocenters. The summed E-state index contributed by atoms with van der Waals surface area (Å²) in [6.45, 7) is 3.94. The van der Waals surface area contributed by atoms with Gasteiger partial charge in [0.05, 0.1) is 23.3 Å². The first-order valence-electron chi connectivity index (χ1n) is 14.7. The summed E-state index contributed by atoms with van der Waals surface area (Å²) in [5.41, 5.74) is 3.04. The number of rotatable bonds is 1. The normalized spacial score (nSPS) is 32.0. The van der Waals surface area contributed by atoms with Crippen LogP contribution in [0.3, 0.4) is 0 Å². The quantitative estimate of drug-likeness (QED) is 0.427. The van der Waals surface area contributed by atoms with Crippen molar-refractivity contribution < 1.29 is 22.7 Å². The SMILES string of the molecule is CO[C@H]1/C=C\C[C@H](C)CC(=O)NS(=O)(=O)c2ccc3c(c2)N(C[C@@H]2CC[C@H]21)C[C@@]1(CCCc2cc(Cl)ccc21)CO3. The molecule has 41 heavy (non-hydrogen) atoms. The minimum atomic E-state index is -4.04. The number of aryl methyl sites for hydroxylation is 1. The zero-order chi connectivity index (χ0) is 28.8. The van der Waals surface area contributed by atoms with E-state index in [0.717, 1.165) is 49.4 Å². The molecule has 1 fully saturated rings. The van der Waals surface area contributed by atoms with Crippen LogP contribution in [0.5, 0.6) is 5.75 Å². The van der Waals surface area contributed by atoms with Crippen LogP contribution in [0.25, 0.3) is 0 Å². The molecule has 6 rings (SSSR count). The van der Waals surface area contributed by atoms with Gasteiger partial charge in [-0.05, 0) is 97.7 Å². The van der Waals surface area contributed by atoms with Gasteiger partial charge in [-0.1, -0.05) is 36.7 Å². The minimum absolute atomic E-state index is 0.00333. The standard InChI is InChI=1S/C32H39ClN2O5S/c1-21-5-3-7-29(39-2)26-11-8-23(26)18-35-19-32(14-4-6-22-16-24(33)9-12-27(22)32)20-40-30-13-10-25(17-28(30)35)41(37,38)34-31(36)15-21/h3,7,9-10,12-13,16-17,21,23,26,29H,4-6,8,11,14-15,18-20H2,1-2H3,(H,34,36)/b7-3-/t21-,23-,26+,29-,32-/m0/s1. The van der Waals surface area contributed by atoms with E-state index in [0.29, 0.717) is 37.2 Å². The third kappa shape index (κ3) is 5.63. The van der Waals surface area contributed by atoms with E-state index in [1.54, 1.807) is 25.3 Å². The Morgan fingerprint density at radius 3 is 2.80 bits per heavy atom. The third-order valence-electron chi connectivity index (χ3n) is 9.59. The van der Waals surface area contributed by atoms with Crippen LogP contribution in [0.2, 0.25) is 5.02 Å². The minimum Gasteiger partial charge on any atom is -0.490 e. The molecule has 0 aromatic heterocycles. The lowest BCUT2D eigenvalue weighted by molar-refractivity contribution is -0.120. The van der Waals surface area contributed by atoms with Crippen molar-refractivity contribution in [3.8, 4) is 5.75 Å². The van der Waals surface area contributed by atoms with Gasteiger partial charge in [0.25, 0.3) is 10.0 Å². The van der Waals surface area contributed by atoms with Gasteiger partial charge in [0.15, 0.2) is 0 Å². The van der Waals surface area contributed by atoms with Crippen molar-refractivity contribution in [2.24, 2.45) is 17.8 Å². The first-order valence-corrected chi connectivity index (χ1v) is 16.6. The molecule has 0 unspecified atom stereocenters. The number of benzene rings is 2. The van der Waals surface area contributed by atoms with E-state index in [-0.39, 0.29) is 28.8 Å². The predicted octanol–water partition coefficient (Wildman–Crippen LogP) is 5.65. The number of fused-ring (bicyclic) bond motifs is 4. The first-order chi connectivity index (χ1) is 19.7. The number of methoxy groups -OCH3 is 1. The molecule has 220 valence electrons. The number of ether oxygens (including phenoxy) is 2. The molecule has 2 aromatic carbocycles. The average molecular weight is 599 g/mol. The number of hydrogen-bond donors (Lipinski definition) is 1. The Balaban J connectivity index is 1.43. The number of carbonyl (C=O) groups is 1. The maximum atomic E-state index is 13.4. The molecule has 2 bridgehead atoms. The van der Waals surface area contributed by atoms with E-state index in [9.17, 15) is 13.2 Å². The second kappa shape index (κ2) is 11.3. The number of carbonyl (C=O) groups excluding carboxylic acids is 1. The van der Waals surface area contributed by atoms with Crippen molar-refractivity contribution in [3.63, 3.8) is 0 Å². The highest BCUT2D eigenvalue weighted by Crippen LogP contribution is 2.47. The van der Waals surface area contributed by atoms with Crippen LogP contribution >= 0.6 is 11.6 Å². The Morgan fingerprint density at radius 2 is 2.02 bits per heavy atom. The number of allylic oxidation sites excluding steroid dienone is 1. The lowest BCUT2D eigenvalue weighted by atomic mass is 9.68. The number of halogens is 1. The van der Waals surface area contributed by atoms with Crippen molar-refractivity contribution in [1.29, 1.82) is 0 Å². The van der Waals surface area contributed by atoms with Crippen LogP contribution in [-0.4, -0.2) is 47.2 Å². The molecule has 1 amide bonds. The zero-order valence-electron chi connectivity index (χ0n) is 23.8. The van der Waals surface area contributed by atoms with E-state index < -0.39 is 15.9 Å². The smallest absolute Gasteiger partial charge is 0.264 e. The molecular formula is C32H39ClN2O5S. The monoisotopic (exact) mass is 598 g/mol. The molecule has 9 heteroatoms. The highest BCUT2D eigenvalue weighted by atomic mass is 35.5. The summed E-state index contributed by atoms with van der Waals surface area (Å²) >= 11 is 6.39. The number of nitrogens with one attached hydrogen (secondary N) is 1. The molecule has 2 heterocycles. The van der Waals surface area contributed by atoms with Gasteiger partial charge in [-0.25, -0.2) is 13.1 Å². The number of nitrogens with zero attached hydrogens (tertiary/aromatic N) is 1. The van der Waals surface area contributed by atoms with Crippen molar-refractivity contribution in [2.45, 2.75) is 68.3 Å². The third-order valence-corrected chi connectivity index (χ3v) is 11.2. The van der Waals surface area contributed by atoms with Gasteiger partial charge in [-0.15, -0.1) is 0 Å². The second-order valence-electron chi connectivity index (χ2n) is 12.4. The van der Waals surface area contributed by atoms with Crippen LogP contribution < -0.4 is 14.4 Å². The van der Waals surface area contributed by atoms with Crippen LogP contribution in [0, 0.1) is 17.8 Å². The largest absolute Gasteiger partial charge is 0.490 e. The lowest BCUT2D eigenvalue weighted by Gasteiger charge is -2.46. The summed E-state index contributed by atoms with van der Waals surface area (Å²) in [5.74, 6) is 0.938. The Hall–Kier alpha value is -2.55. The molecule has 1 N–H and O–H groups in total. The topological polar surface area (TPSA) is 84.9 Å². The number of amides is 1. The van der Waals surface area contributed by atoms with Gasteiger partial charge in [-0.3, -0.25) is 4.79 Å². The number of anilines is 1. The van der Waals surface area contributed by atoms with Crippen molar-refractivity contribution >= 4 is 33.2 Å². The lowest BCUT2D eigenvalue weighted by Crippen LogP contribution is -2.49. The molecule has 1 spiro atoms. The van der Waals surface area contributed by atoms with Gasteiger partial charge in [0.2, 0.25) is 5.91 Å². The van der Waals surface area contributed by atoms with Crippen LogP contribution in [0.1, 0.15) is 56.6 Å². The molecule has 4 aliphatic rings. The van der Waals surface area contributed by atoms with E-state index in [1.165, 1.54) is 11.1 Å². The molecule has 2 aliphatic carbocycles. The van der Waals surface area contributed by atoms with Crippen LogP contribution in [0.15, 0.2) is 53.4 Å². The average Bonchev–Trinajstić information content (AvgIpc) is 3.06. The summed E-state index contributed by atoms with van der Waals surface area (Å²) in [5, 5.41) is 0.742. The molecule has 1 saturated carbocycles. The number of sulfonamides is 1. The van der Waals surface area contributed by atoms with Crippen molar-refractivity contribution in [1.82, 2.24) is 4.72 Å². The Kier molecular flexibility index (Phi) is 7.85. The van der Waals surface area contributed by atoms with Gasteiger partial charge < -0.3 is 14.4 Å². The predicted molar refractivity (Wildman–Crippen MR) is 160 cm³/mol. The van der Waals surface area contributed by atoms with Crippen molar-refractivity contribution in [2.75, 3.05) is 31.7 Å².